The van der Waals surface area contributed by atoms with Gasteiger partial charge >= 0.3 is 5.97 Å². The number of carbonyl (C=O) groups is 1. The highest BCUT2D eigenvalue weighted by Gasteiger charge is 2.46. The van der Waals surface area contributed by atoms with Gasteiger partial charge in [-0.3, -0.25) is 9.35 Å². The number of nitrogens with zero attached hydrogens (tertiary/aromatic N) is 4. The summed E-state index contributed by atoms with van der Waals surface area (Å²) in [7, 11) is -4.13. The highest BCUT2D eigenvalue weighted by molar-refractivity contribution is 7.85. The number of carboxylic acid groups (broad SMARTS) is 1. The summed E-state index contributed by atoms with van der Waals surface area (Å²) in [5.74, 6) is 0.816. The van der Waals surface area contributed by atoms with E-state index in [-0.39, 0.29) is 30.8 Å². The summed E-state index contributed by atoms with van der Waals surface area (Å²) in [5.41, 5.74) is 5.89. The van der Waals surface area contributed by atoms with E-state index in [0.29, 0.717) is 34.6 Å². The Morgan fingerprint density at radius 1 is 0.978 bits per heavy atom. The fraction of sp³-hybridized carbons (Fsp3) is 0.438. The van der Waals surface area contributed by atoms with Gasteiger partial charge in [0.05, 0.1) is 58.0 Å². The first-order valence-corrected chi connectivity index (χ1v) is 18.3. The van der Waals surface area contributed by atoms with Crippen molar-refractivity contribution in [2.24, 2.45) is 0 Å². The van der Waals surface area contributed by atoms with Crippen LogP contribution >= 0.6 is 34.8 Å². The van der Waals surface area contributed by atoms with Crippen molar-refractivity contribution in [2.45, 2.75) is 70.2 Å². The van der Waals surface area contributed by atoms with Crippen LogP contribution in [0.3, 0.4) is 0 Å². The number of halogens is 3. The van der Waals surface area contributed by atoms with Gasteiger partial charge in [-0.1, -0.05) is 34.8 Å². The van der Waals surface area contributed by atoms with Gasteiger partial charge in [-0.15, -0.1) is 0 Å². The zero-order chi connectivity index (χ0) is 32.3. The Bertz CT molecular complexity index is 1920. The lowest BCUT2D eigenvalue weighted by atomic mass is 9.90. The predicted octanol–water partition coefficient (Wildman–Crippen LogP) is 6.31. The number of hydrogen-bond acceptors (Lipinski definition) is 6. The monoisotopic (exact) mass is 707 g/mol. The second kappa shape index (κ2) is 12.3. The number of fused-ring (bicyclic) bond motifs is 9. The van der Waals surface area contributed by atoms with Crippen molar-refractivity contribution in [3.8, 4) is 0 Å². The maximum Gasteiger partial charge on any atom is 0.303 e. The maximum atomic E-state index is 11.6. The highest BCUT2D eigenvalue weighted by atomic mass is 35.5. The minimum atomic E-state index is -4.13. The second-order valence-electron chi connectivity index (χ2n) is 12.2. The molecule has 0 radical (unpaired) electrons. The van der Waals surface area contributed by atoms with E-state index in [0.717, 1.165) is 84.0 Å². The number of imidazole rings is 1. The molecule has 7 rings (SSSR count). The molecule has 5 heterocycles. The van der Waals surface area contributed by atoms with E-state index in [4.69, 9.17) is 44.6 Å². The molecule has 0 saturated carbocycles. The largest absolute Gasteiger partial charge is 0.481 e. The molecule has 0 spiro atoms. The predicted molar refractivity (Wildman–Crippen MR) is 178 cm³/mol. The molecular formula is C32H34Cl3N4O6S+. The minimum absolute atomic E-state index is 0.105. The van der Waals surface area contributed by atoms with Crippen LogP contribution in [0.4, 0.5) is 11.4 Å². The van der Waals surface area contributed by atoms with Crippen LogP contribution in [0.25, 0.3) is 16.6 Å². The third kappa shape index (κ3) is 5.79. The van der Waals surface area contributed by atoms with Crippen molar-refractivity contribution in [3.05, 3.63) is 68.7 Å². The van der Waals surface area contributed by atoms with E-state index < -0.39 is 16.1 Å². The van der Waals surface area contributed by atoms with E-state index >= 15 is 0 Å². The second-order valence-corrected chi connectivity index (χ2v) is 15.1. The molecule has 244 valence electrons. The molecule has 4 aliphatic heterocycles. The first kappa shape index (κ1) is 31.8. The molecule has 10 nitrogen and oxygen atoms in total. The Hall–Kier alpha value is -2.80. The van der Waals surface area contributed by atoms with Crippen molar-refractivity contribution >= 4 is 78.9 Å². The quantitative estimate of drug-likeness (QED) is 0.143. The Labute approximate surface area is 282 Å². The van der Waals surface area contributed by atoms with Crippen molar-refractivity contribution in [3.63, 3.8) is 0 Å². The molecule has 2 unspecified atom stereocenters. The van der Waals surface area contributed by atoms with Crippen LogP contribution in [-0.4, -0.2) is 59.7 Å². The van der Waals surface area contributed by atoms with E-state index in [1.165, 1.54) is 0 Å². The summed E-state index contributed by atoms with van der Waals surface area (Å²) < 4.78 is 44.2. The molecule has 0 saturated heterocycles. The van der Waals surface area contributed by atoms with Crippen molar-refractivity contribution in [2.75, 3.05) is 28.6 Å². The fourth-order valence-electron chi connectivity index (χ4n) is 7.36. The van der Waals surface area contributed by atoms with Crippen LogP contribution in [0.2, 0.25) is 15.1 Å². The van der Waals surface area contributed by atoms with Crippen molar-refractivity contribution < 1.29 is 32.2 Å². The number of aryl methyl sites for hydroxylation is 2. The van der Waals surface area contributed by atoms with E-state index in [9.17, 15) is 17.8 Å². The van der Waals surface area contributed by atoms with Crippen LogP contribution in [-0.2, 0) is 32.7 Å². The lowest BCUT2D eigenvalue weighted by Crippen LogP contribution is -2.46. The smallest absolute Gasteiger partial charge is 0.303 e. The van der Waals surface area contributed by atoms with Crippen molar-refractivity contribution in [1.82, 2.24) is 4.57 Å². The average Bonchev–Trinajstić information content (AvgIpc) is 3.47. The number of anilines is 2. The number of benzene rings is 2. The van der Waals surface area contributed by atoms with Crippen molar-refractivity contribution in [1.29, 1.82) is 0 Å². The van der Waals surface area contributed by atoms with Gasteiger partial charge in [0.1, 0.15) is 5.82 Å². The lowest BCUT2D eigenvalue weighted by Gasteiger charge is -2.40. The summed E-state index contributed by atoms with van der Waals surface area (Å²) in [6, 6.07) is 9.61. The molecule has 0 amide bonds. The Morgan fingerprint density at radius 2 is 1.74 bits per heavy atom. The number of unbranched alkanes of at least 4 members (excludes halogenated alkanes) is 2. The van der Waals surface area contributed by atoms with Crippen LogP contribution in [0.15, 0.2) is 47.8 Å². The molecule has 0 bridgehead atoms. The first-order valence-electron chi connectivity index (χ1n) is 15.5. The summed E-state index contributed by atoms with van der Waals surface area (Å²) >= 11 is 19.4. The molecule has 1 aromatic heterocycles. The molecule has 2 aromatic carbocycles. The van der Waals surface area contributed by atoms with Gasteiger partial charge in [0.15, 0.2) is 11.0 Å². The normalized spacial score (nSPS) is 20.3. The van der Waals surface area contributed by atoms with Gasteiger partial charge < -0.3 is 19.6 Å². The first-order chi connectivity index (χ1) is 22.0. The molecule has 46 heavy (non-hydrogen) atoms. The molecule has 0 aliphatic carbocycles. The van der Waals surface area contributed by atoms with Gasteiger partial charge in [-0.05, 0) is 62.4 Å². The molecule has 2 N–H and O–H groups in total. The number of aromatic nitrogens is 2. The third-order valence-corrected chi connectivity index (χ3v) is 11.0. The maximum absolute atomic E-state index is 11.6. The SMILES string of the molecule is O=C(O)CCCCC[n+]1c2n(c3cc(Cl)ccc31)CCC1OC3CCN4C(=C3C=C21)N(CCCS(=O)(=O)O)c1cc(Cl)c(Cl)cc14. The number of ether oxygens (including phenoxy) is 1. The Balaban J connectivity index is 1.34. The van der Waals surface area contributed by atoms with Gasteiger partial charge in [-0.25, -0.2) is 9.13 Å². The van der Waals surface area contributed by atoms with Crippen LogP contribution in [0, 0.1) is 0 Å². The molecule has 14 heteroatoms. The van der Waals surface area contributed by atoms with Gasteiger partial charge in [0.2, 0.25) is 0 Å². The van der Waals surface area contributed by atoms with Gasteiger partial charge in [0, 0.05) is 42.6 Å². The summed E-state index contributed by atoms with van der Waals surface area (Å²) in [5, 5.41) is 10.6. The highest BCUT2D eigenvalue weighted by Crippen LogP contribution is 2.51. The van der Waals surface area contributed by atoms with Crippen LogP contribution in [0.1, 0.15) is 50.8 Å². The molecule has 3 aromatic rings. The third-order valence-electron chi connectivity index (χ3n) is 9.28. The van der Waals surface area contributed by atoms with E-state index in [1.54, 1.807) is 0 Å². The van der Waals surface area contributed by atoms with E-state index in [1.807, 2.05) is 30.3 Å². The fourth-order valence-corrected chi connectivity index (χ4v) is 8.34. The number of hydrogen-bond donors (Lipinski definition) is 2. The van der Waals surface area contributed by atoms with Crippen LogP contribution in [0.5, 0.6) is 0 Å². The Morgan fingerprint density at radius 3 is 2.50 bits per heavy atom. The zero-order valence-electron chi connectivity index (χ0n) is 25.0. The zero-order valence-corrected chi connectivity index (χ0v) is 28.0. The average molecular weight is 709 g/mol. The van der Waals surface area contributed by atoms with Gasteiger partial charge in [0.25, 0.3) is 15.9 Å². The molecule has 2 atom stereocenters. The lowest BCUT2D eigenvalue weighted by molar-refractivity contribution is -0.675. The summed E-state index contributed by atoms with van der Waals surface area (Å²) in [6.45, 7) is 2.52. The molecule has 4 aliphatic rings. The topological polar surface area (TPSA) is 116 Å². The Kier molecular flexibility index (Phi) is 8.52. The number of aliphatic carboxylic acids is 1. The molecular weight excluding hydrogens is 675 g/mol. The summed E-state index contributed by atoms with van der Waals surface area (Å²) in [6.07, 6.45) is 6.18. The summed E-state index contributed by atoms with van der Waals surface area (Å²) in [4.78, 5) is 15.3. The minimum Gasteiger partial charge on any atom is -0.481 e. The van der Waals surface area contributed by atoms with E-state index in [2.05, 4.69) is 25.0 Å². The standard InChI is InChI=1S/C32H33Cl3N4O6S/c33-19-6-7-24-25(15-19)38-12-8-28-20(31(38)36(24)10-3-1-2-5-30(40)41)16-21-29(45-28)9-13-39-27-18-23(35)22(34)17-26(27)37(32(21)39)11-4-14-46(42,43)44/h6-7,15-18,28-29H,1-5,8-14H2,(H-,40,41,42,43,44)/p+1. The van der Waals surface area contributed by atoms with Gasteiger partial charge in [-0.2, -0.15) is 8.42 Å². The molecule has 0 fully saturated rings. The number of rotatable bonds is 10. The van der Waals surface area contributed by atoms with Crippen LogP contribution < -0.4 is 14.4 Å². The number of carboxylic acids is 1.